The summed E-state index contributed by atoms with van der Waals surface area (Å²) in [5.41, 5.74) is 5.57. The molecular weight excluding hydrogens is 170 g/mol. The largest absolute Gasteiger partial charge is 0.464 e. The molecule has 0 amide bonds. The Morgan fingerprint density at radius 3 is 2.46 bits per heavy atom. The summed E-state index contributed by atoms with van der Waals surface area (Å²) in [6.07, 6.45) is 0.715. The Labute approximate surface area is 79.4 Å². The Morgan fingerprint density at radius 2 is 2.00 bits per heavy atom. The van der Waals surface area contributed by atoms with Crippen LogP contribution in [0.15, 0.2) is 0 Å². The van der Waals surface area contributed by atoms with E-state index in [0.717, 1.165) is 0 Å². The topological polar surface area (TPSA) is 61.5 Å². The Hall–Kier alpha value is -0.610. The molecule has 0 heterocycles. The molecule has 0 spiro atoms. The first kappa shape index (κ1) is 12.4. The number of hydrogen-bond donors (Lipinski definition) is 1. The second kappa shape index (κ2) is 6.86. The molecule has 0 aliphatic heterocycles. The van der Waals surface area contributed by atoms with Gasteiger partial charge in [-0.2, -0.15) is 0 Å². The fourth-order valence-electron chi connectivity index (χ4n) is 0.744. The normalized spacial score (nSPS) is 13.0. The third-order valence-electron chi connectivity index (χ3n) is 1.73. The van der Waals surface area contributed by atoms with E-state index in [2.05, 4.69) is 0 Å². The molecule has 0 aromatic rings. The van der Waals surface area contributed by atoms with Crippen LogP contribution in [-0.4, -0.2) is 32.3 Å². The number of hydrogen-bond acceptors (Lipinski definition) is 4. The van der Waals surface area contributed by atoms with E-state index in [4.69, 9.17) is 15.2 Å². The fraction of sp³-hybridized carbons (Fsp3) is 0.889. The highest BCUT2D eigenvalue weighted by atomic mass is 16.5. The van der Waals surface area contributed by atoms with Gasteiger partial charge in [0.2, 0.25) is 0 Å². The van der Waals surface area contributed by atoms with Crippen LogP contribution in [0, 0.1) is 5.92 Å². The molecule has 0 aromatic heterocycles. The molecule has 0 unspecified atom stereocenters. The molecule has 0 saturated carbocycles. The molecule has 0 aliphatic rings. The van der Waals surface area contributed by atoms with E-state index in [-0.39, 0.29) is 11.9 Å². The van der Waals surface area contributed by atoms with E-state index in [1.54, 1.807) is 7.11 Å². The standard InChI is InChI=1S/C9H19NO3/c1-7(2)8(10)9(11)13-6-4-5-12-3/h7-8H,4-6,10H2,1-3H3/t8-/m1/s1. The minimum Gasteiger partial charge on any atom is -0.464 e. The molecule has 0 bridgehead atoms. The van der Waals surface area contributed by atoms with Crippen LogP contribution < -0.4 is 5.73 Å². The molecule has 13 heavy (non-hydrogen) atoms. The van der Waals surface area contributed by atoms with Crippen LogP contribution in [0.2, 0.25) is 0 Å². The number of carbonyl (C=O) groups excluding carboxylic acids is 1. The molecule has 0 saturated heterocycles. The fourth-order valence-corrected chi connectivity index (χ4v) is 0.744. The highest BCUT2D eigenvalue weighted by molar-refractivity contribution is 5.75. The van der Waals surface area contributed by atoms with E-state index in [0.29, 0.717) is 19.6 Å². The Bertz CT molecular complexity index is 148. The molecular formula is C9H19NO3. The third-order valence-corrected chi connectivity index (χ3v) is 1.73. The number of methoxy groups -OCH3 is 1. The first-order chi connectivity index (χ1) is 6.09. The summed E-state index contributed by atoms with van der Waals surface area (Å²) in [5, 5.41) is 0. The van der Waals surface area contributed by atoms with Crippen molar-refractivity contribution < 1.29 is 14.3 Å². The van der Waals surface area contributed by atoms with Crippen LogP contribution in [0.4, 0.5) is 0 Å². The summed E-state index contributed by atoms with van der Waals surface area (Å²) in [7, 11) is 1.61. The van der Waals surface area contributed by atoms with Crippen LogP contribution in [-0.2, 0) is 14.3 Å². The van der Waals surface area contributed by atoms with Gasteiger partial charge in [0.1, 0.15) is 6.04 Å². The number of carbonyl (C=O) groups is 1. The summed E-state index contributed by atoms with van der Waals surface area (Å²) in [4.78, 5) is 11.2. The van der Waals surface area contributed by atoms with Crippen molar-refractivity contribution >= 4 is 5.97 Å². The number of esters is 1. The molecule has 0 aliphatic carbocycles. The molecule has 1 atom stereocenters. The molecule has 78 valence electrons. The summed E-state index contributed by atoms with van der Waals surface area (Å²) < 4.78 is 9.73. The van der Waals surface area contributed by atoms with Gasteiger partial charge in [0.05, 0.1) is 6.61 Å². The van der Waals surface area contributed by atoms with Gasteiger partial charge in [-0.15, -0.1) is 0 Å². The molecule has 0 fully saturated rings. The molecule has 4 nitrogen and oxygen atoms in total. The van der Waals surface area contributed by atoms with Crippen molar-refractivity contribution in [3.63, 3.8) is 0 Å². The summed E-state index contributed by atoms with van der Waals surface area (Å²) in [5.74, 6) is -0.207. The van der Waals surface area contributed by atoms with E-state index >= 15 is 0 Å². The Morgan fingerprint density at radius 1 is 1.38 bits per heavy atom. The van der Waals surface area contributed by atoms with E-state index in [1.807, 2.05) is 13.8 Å². The summed E-state index contributed by atoms with van der Waals surface area (Å²) in [6.45, 7) is 4.76. The van der Waals surface area contributed by atoms with Crippen molar-refractivity contribution in [1.82, 2.24) is 0 Å². The quantitative estimate of drug-likeness (QED) is 0.489. The van der Waals surface area contributed by atoms with Gasteiger partial charge in [0, 0.05) is 20.1 Å². The van der Waals surface area contributed by atoms with Crippen LogP contribution in [0.25, 0.3) is 0 Å². The minimum absolute atomic E-state index is 0.120. The van der Waals surface area contributed by atoms with Crippen molar-refractivity contribution in [3.05, 3.63) is 0 Å². The number of ether oxygens (including phenoxy) is 2. The first-order valence-corrected chi connectivity index (χ1v) is 4.50. The average molecular weight is 189 g/mol. The van der Waals surface area contributed by atoms with Gasteiger partial charge in [-0.25, -0.2) is 0 Å². The SMILES string of the molecule is COCCCOC(=O)[C@H](N)C(C)C. The lowest BCUT2D eigenvalue weighted by atomic mass is 10.1. The van der Waals surface area contributed by atoms with Crippen LogP contribution in [0.3, 0.4) is 0 Å². The smallest absolute Gasteiger partial charge is 0.323 e. The lowest BCUT2D eigenvalue weighted by Crippen LogP contribution is -2.37. The molecule has 0 aromatic carbocycles. The van der Waals surface area contributed by atoms with Gasteiger partial charge in [-0.05, 0) is 5.92 Å². The number of rotatable bonds is 6. The summed E-state index contributed by atoms with van der Waals surface area (Å²) >= 11 is 0. The maximum Gasteiger partial charge on any atom is 0.323 e. The van der Waals surface area contributed by atoms with Crippen molar-refractivity contribution in [3.8, 4) is 0 Å². The zero-order valence-corrected chi connectivity index (χ0v) is 8.58. The van der Waals surface area contributed by atoms with Gasteiger partial charge < -0.3 is 15.2 Å². The minimum atomic E-state index is -0.512. The first-order valence-electron chi connectivity index (χ1n) is 4.50. The average Bonchev–Trinajstić information content (AvgIpc) is 2.10. The zero-order valence-electron chi connectivity index (χ0n) is 8.58. The Balaban J connectivity index is 3.50. The monoisotopic (exact) mass is 189 g/mol. The van der Waals surface area contributed by atoms with Crippen LogP contribution >= 0.6 is 0 Å². The van der Waals surface area contributed by atoms with Crippen LogP contribution in [0.1, 0.15) is 20.3 Å². The highest BCUT2D eigenvalue weighted by Crippen LogP contribution is 2.00. The Kier molecular flexibility index (Phi) is 6.54. The van der Waals surface area contributed by atoms with Gasteiger partial charge in [0.25, 0.3) is 0 Å². The molecule has 2 N–H and O–H groups in total. The van der Waals surface area contributed by atoms with Gasteiger partial charge in [-0.3, -0.25) is 4.79 Å². The van der Waals surface area contributed by atoms with Gasteiger partial charge >= 0.3 is 5.97 Å². The molecule has 4 heteroatoms. The van der Waals surface area contributed by atoms with Crippen molar-refractivity contribution in [2.24, 2.45) is 11.7 Å². The predicted octanol–water partition coefficient (Wildman–Crippen LogP) is 0.549. The van der Waals surface area contributed by atoms with Crippen molar-refractivity contribution in [2.75, 3.05) is 20.3 Å². The van der Waals surface area contributed by atoms with E-state index in [1.165, 1.54) is 0 Å². The maximum absolute atomic E-state index is 11.2. The molecule has 0 radical (unpaired) electrons. The van der Waals surface area contributed by atoms with E-state index in [9.17, 15) is 4.79 Å². The number of nitrogens with two attached hydrogens (primary N) is 1. The predicted molar refractivity (Wildman–Crippen MR) is 50.3 cm³/mol. The zero-order chi connectivity index (χ0) is 10.3. The van der Waals surface area contributed by atoms with Gasteiger partial charge in [0.15, 0.2) is 0 Å². The third kappa shape index (κ3) is 5.60. The van der Waals surface area contributed by atoms with Crippen molar-refractivity contribution in [1.29, 1.82) is 0 Å². The van der Waals surface area contributed by atoms with Crippen LogP contribution in [0.5, 0.6) is 0 Å². The summed E-state index contributed by atoms with van der Waals surface area (Å²) in [6, 6.07) is -0.512. The highest BCUT2D eigenvalue weighted by Gasteiger charge is 2.18. The molecule has 0 rings (SSSR count). The second-order valence-electron chi connectivity index (χ2n) is 3.28. The van der Waals surface area contributed by atoms with E-state index < -0.39 is 6.04 Å². The second-order valence-corrected chi connectivity index (χ2v) is 3.28. The lowest BCUT2D eigenvalue weighted by molar-refractivity contribution is -0.146. The lowest BCUT2D eigenvalue weighted by Gasteiger charge is -2.14. The van der Waals surface area contributed by atoms with Crippen molar-refractivity contribution in [2.45, 2.75) is 26.3 Å². The maximum atomic E-state index is 11.2. The van der Waals surface area contributed by atoms with Gasteiger partial charge in [-0.1, -0.05) is 13.8 Å².